The lowest BCUT2D eigenvalue weighted by molar-refractivity contribution is -0.115. The number of nitrogens with one attached hydrogen (secondary N) is 1. The van der Waals surface area contributed by atoms with Crippen LogP contribution in [-0.4, -0.2) is 5.91 Å². The number of benzene rings is 2. The number of aryl methyl sites for hydroxylation is 4. The van der Waals surface area contributed by atoms with Crippen molar-refractivity contribution in [2.45, 2.75) is 52.4 Å². The molecule has 0 bridgehead atoms. The topological polar surface area (TPSA) is 29.1 Å². The number of fused-ring (bicyclic) bond motifs is 1. The first-order valence-corrected chi connectivity index (χ1v) is 8.66. The Bertz CT molecular complexity index is 718. The van der Waals surface area contributed by atoms with Crippen LogP contribution in [0.5, 0.6) is 0 Å². The number of carbonyl (C=O) groups is 1. The van der Waals surface area contributed by atoms with Gasteiger partial charge in [0.25, 0.3) is 0 Å². The van der Waals surface area contributed by atoms with Crippen molar-refractivity contribution in [3.63, 3.8) is 0 Å². The smallest absolute Gasteiger partial charge is 0.228 e. The van der Waals surface area contributed by atoms with Gasteiger partial charge in [0.2, 0.25) is 5.91 Å². The van der Waals surface area contributed by atoms with Crippen LogP contribution in [0.15, 0.2) is 36.4 Å². The number of hydrogen-bond acceptors (Lipinski definition) is 1. The molecule has 0 radical (unpaired) electrons. The Labute approximate surface area is 138 Å². The van der Waals surface area contributed by atoms with Crippen molar-refractivity contribution in [1.82, 2.24) is 0 Å². The number of anilines is 1. The van der Waals surface area contributed by atoms with Gasteiger partial charge in [-0.2, -0.15) is 0 Å². The first-order valence-electron chi connectivity index (χ1n) is 8.66. The van der Waals surface area contributed by atoms with Gasteiger partial charge in [0.05, 0.1) is 6.42 Å². The van der Waals surface area contributed by atoms with E-state index in [0.29, 0.717) is 6.42 Å². The maximum absolute atomic E-state index is 12.5. The van der Waals surface area contributed by atoms with Crippen LogP contribution in [-0.2, 0) is 30.5 Å². The van der Waals surface area contributed by atoms with Crippen LogP contribution in [0.4, 0.5) is 5.69 Å². The van der Waals surface area contributed by atoms with E-state index in [4.69, 9.17) is 0 Å². The lowest BCUT2D eigenvalue weighted by Crippen LogP contribution is -2.17. The van der Waals surface area contributed by atoms with E-state index in [-0.39, 0.29) is 5.91 Å². The second-order valence-electron chi connectivity index (χ2n) is 6.50. The normalized spacial score (nSPS) is 13.5. The van der Waals surface area contributed by atoms with Gasteiger partial charge in [-0.15, -0.1) is 0 Å². The zero-order valence-electron chi connectivity index (χ0n) is 14.1. The molecule has 0 unspecified atom stereocenters. The first kappa shape index (κ1) is 15.8. The maximum atomic E-state index is 12.5. The molecule has 0 aliphatic heterocycles. The Hall–Kier alpha value is -2.09. The van der Waals surface area contributed by atoms with Crippen molar-refractivity contribution < 1.29 is 4.79 Å². The molecular weight excluding hydrogens is 282 g/mol. The Balaban J connectivity index is 1.73. The fourth-order valence-electron chi connectivity index (χ4n) is 3.47. The molecule has 23 heavy (non-hydrogen) atoms. The highest BCUT2D eigenvalue weighted by molar-refractivity contribution is 5.93. The van der Waals surface area contributed by atoms with Crippen molar-refractivity contribution in [3.8, 4) is 0 Å². The van der Waals surface area contributed by atoms with Crippen LogP contribution in [0, 0.1) is 6.92 Å². The summed E-state index contributed by atoms with van der Waals surface area (Å²) in [7, 11) is 0. The molecule has 2 nitrogen and oxygen atoms in total. The predicted molar refractivity (Wildman–Crippen MR) is 96.0 cm³/mol. The van der Waals surface area contributed by atoms with Crippen molar-refractivity contribution in [2.24, 2.45) is 0 Å². The molecule has 0 saturated heterocycles. The first-order chi connectivity index (χ1) is 11.2. The molecule has 1 amide bonds. The van der Waals surface area contributed by atoms with Crippen molar-refractivity contribution >= 4 is 11.6 Å². The van der Waals surface area contributed by atoms with E-state index in [0.717, 1.165) is 29.7 Å². The van der Waals surface area contributed by atoms with Gasteiger partial charge in [-0.1, -0.05) is 43.3 Å². The largest absolute Gasteiger partial charge is 0.325 e. The zero-order chi connectivity index (χ0) is 16.2. The van der Waals surface area contributed by atoms with Gasteiger partial charge in [-0.05, 0) is 66.8 Å². The highest BCUT2D eigenvalue weighted by Gasteiger charge is 2.12. The molecule has 2 aromatic rings. The van der Waals surface area contributed by atoms with E-state index in [9.17, 15) is 4.79 Å². The van der Waals surface area contributed by atoms with E-state index in [2.05, 4.69) is 36.5 Å². The molecule has 0 spiro atoms. The fraction of sp³-hybridized carbons (Fsp3) is 0.381. The SMILES string of the molecule is CCc1cccc(C)c1NC(=O)Cc1ccc2c(c1)CCCC2. The summed E-state index contributed by atoms with van der Waals surface area (Å²) in [5, 5.41) is 3.12. The predicted octanol–water partition coefficient (Wildman–Crippen LogP) is 4.62. The lowest BCUT2D eigenvalue weighted by atomic mass is 9.90. The van der Waals surface area contributed by atoms with Gasteiger partial charge in [-0.3, -0.25) is 4.79 Å². The van der Waals surface area contributed by atoms with Crippen LogP contribution in [0.3, 0.4) is 0 Å². The minimum Gasteiger partial charge on any atom is -0.325 e. The molecule has 1 aliphatic rings. The molecule has 0 atom stereocenters. The van der Waals surface area contributed by atoms with Crippen LogP contribution >= 0.6 is 0 Å². The average molecular weight is 307 g/mol. The second-order valence-corrected chi connectivity index (χ2v) is 6.50. The third-order valence-corrected chi connectivity index (χ3v) is 4.78. The fourth-order valence-corrected chi connectivity index (χ4v) is 3.47. The summed E-state index contributed by atoms with van der Waals surface area (Å²) < 4.78 is 0. The Morgan fingerprint density at radius 2 is 1.87 bits per heavy atom. The summed E-state index contributed by atoms with van der Waals surface area (Å²) >= 11 is 0. The van der Waals surface area contributed by atoms with Crippen molar-refractivity contribution in [3.05, 3.63) is 64.2 Å². The summed E-state index contributed by atoms with van der Waals surface area (Å²) in [6, 6.07) is 12.7. The van der Waals surface area contributed by atoms with Gasteiger partial charge in [-0.25, -0.2) is 0 Å². The number of hydrogen-bond donors (Lipinski definition) is 1. The molecule has 0 saturated carbocycles. The zero-order valence-corrected chi connectivity index (χ0v) is 14.1. The third kappa shape index (κ3) is 3.64. The number of rotatable bonds is 4. The molecular formula is C21H25NO. The second kappa shape index (κ2) is 6.99. The van der Waals surface area contributed by atoms with Crippen molar-refractivity contribution in [2.75, 3.05) is 5.32 Å². The minimum absolute atomic E-state index is 0.0739. The van der Waals surface area contributed by atoms with E-state index in [1.165, 1.54) is 36.0 Å². The Morgan fingerprint density at radius 1 is 1.09 bits per heavy atom. The maximum Gasteiger partial charge on any atom is 0.228 e. The lowest BCUT2D eigenvalue weighted by Gasteiger charge is -2.17. The summed E-state index contributed by atoms with van der Waals surface area (Å²) in [5.74, 6) is 0.0739. The summed E-state index contributed by atoms with van der Waals surface area (Å²) in [6.45, 7) is 4.17. The number of para-hydroxylation sites is 1. The van der Waals surface area contributed by atoms with E-state index in [1.54, 1.807) is 0 Å². The van der Waals surface area contributed by atoms with Gasteiger partial charge in [0.15, 0.2) is 0 Å². The average Bonchev–Trinajstić information content (AvgIpc) is 2.56. The molecule has 3 rings (SSSR count). The molecule has 1 aliphatic carbocycles. The monoisotopic (exact) mass is 307 g/mol. The van der Waals surface area contributed by atoms with Gasteiger partial charge >= 0.3 is 0 Å². The summed E-state index contributed by atoms with van der Waals surface area (Å²) in [6.07, 6.45) is 6.28. The third-order valence-electron chi connectivity index (χ3n) is 4.78. The van der Waals surface area contributed by atoms with Gasteiger partial charge in [0, 0.05) is 5.69 Å². The van der Waals surface area contributed by atoms with Crippen LogP contribution < -0.4 is 5.32 Å². The quantitative estimate of drug-likeness (QED) is 0.877. The minimum atomic E-state index is 0.0739. The Kier molecular flexibility index (Phi) is 4.80. The molecule has 2 heteroatoms. The molecule has 120 valence electrons. The molecule has 0 fully saturated rings. The van der Waals surface area contributed by atoms with E-state index in [1.807, 2.05) is 19.1 Å². The number of carbonyl (C=O) groups excluding carboxylic acids is 1. The van der Waals surface area contributed by atoms with Gasteiger partial charge < -0.3 is 5.32 Å². The van der Waals surface area contributed by atoms with Crippen LogP contribution in [0.2, 0.25) is 0 Å². The van der Waals surface area contributed by atoms with Gasteiger partial charge in [0.1, 0.15) is 0 Å². The van der Waals surface area contributed by atoms with E-state index < -0.39 is 0 Å². The van der Waals surface area contributed by atoms with Crippen LogP contribution in [0.1, 0.15) is 47.6 Å². The van der Waals surface area contributed by atoms with Crippen molar-refractivity contribution in [1.29, 1.82) is 0 Å². The Morgan fingerprint density at radius 3 is 2.65 bits per heavy atom. The molecule has 0 aromatic heterocycles. The summed E-state index contributed by atoms with van der Waals surface area (Å²) in [4.78, 5) is 12.5. The molecule has 0 heterocycles. The highest BCUT2D eigenvalue weighted by atomic mass is 16.1. The molecule has 1 N–H and O–H groups in total. The number of amides is 1. The standard InChI is InChI=1S/C21H25NO/c1-3-17-10-6-7-15(2)21(17)22-20(23)14-16-11-12-18-8-4-5-9-19(18)13-16/h6-7,10-13H,3-5,8-9,14H2,1-2H3,(H,22,23). The highest BCUT2D eigenvalue weighted by Crippen LogP contribution is 2.24. The summed E-state index contributed by atoms with van der Waals surface area (Å²) in [5.41, 5.74) is 7.33. The van der Waals surface area contributed by atoms with E-state index >= 15 is 0 Å². The molecule has 2 aromatic carbocycles. The van der Waals surface area contributed by atoms with Crippen LogP contribution in [0.25, 0.3) is 0 Å².